The molecule has 1 heteroatoms. The highest BCUT2D eigenvalue weighted by atomic mass is 16.3. The summed E-state index contributed by atoms with van der Waals surface area (Å²) in [5.74, 6) is 0.708. The van der Waals surface area contributed by atoms with Crippen LogP contribution in [0.15, 0.2) is 11.6 Å². The van der Waals surface area contributed by atoms with E-state index in [4.69, 9.17) is 0 Å². The number of hydrogen-bond acceptors (Lipinski definition) is 1. The van der Waals surface area contributed by atoms with Crippen molar-refractivity contribution >= 4 is 0 Å². The largest absolute Gasteiger partial charge is 0.395 e. The van der Waals surface area contributed by atoms with Crippen molar-refractivity contribution in [2.24, 2.45) is 11.3 Å². The first-order valence-corrected chi connectivity index (χ1v) is 7.99. The highest BCUT2D eigenvalue weighted by Crippen LogP contribution is 2.45. The predicted octanol–water partition coefficient (Wildman–Crippen LogP) is 5.09. The summed E-state index contributed by atoms with van der Waals surface area (Å²) in [6.45, 7) is 7.08. The predicted molar refractivity (Wildman–Crippen MR) is 79.7 cm³/mol. The molecule has 0 radical (unpaired) electrons. The van der Waals surface area contributed by atoms with Crippen LogP contribution in [0.5, 0.6) is 0 Å². The van der Waals surface area contributed by atoms with Crippen molar-refractivity contribution in [1.82, 2.24) is 0 Å². The van der Waals surface area contributed by atoms with Gasteiger partial charge in [-0.15, -0.1) is 0 Å². The van der Waals surface area contributed by atoms with E-state index in [-0.39, 0.29) is 5.41 Å². The van der Waals surface area contributed by atoms with E-state index in [1.807, 2.05) is 0 Å². The maximum absolute atomic E-state index is 10.0. The molecule has 0 aromatic rings. The molecule has 1 aliphatic rings. The van der Waals surface area contributed by atoms with E-state index in [2.05, 4.69) is 26.8 Å². The van der Waals surface area contributed by atoms with Crippen LogP contribution in [0, 0.1) is 11.3 Å². The molecule has 1 atom stereocenters. The first-order chi connectivity index (χ1) is 8.71. The van der Waals surface area contributed by atoms with E-state index in [0.29, 0.717) is 12.5 Å². The molecule has 0 aromatic carbocycles. The number of unbranched alkanes of at least 4 members (excludes halogenated alkanes) is 2. The molecular weight excluding hydrogens is 220 g/mol. The van der Waals surface area contributed by atoms with Crippen molar-refractivity contribution in [3.8, 4) is 0 Å². The van der Waals surface area contributed by atoms with E-state index in [1.54, 1.807) is 0 Å². The van der Waals surface area contributed by atoms with Crippen LogP contribution in [0.1, 0.15) is 78.6 Å². The SMILES string of the molecule is CCCC/C=C(\C)[C@@](CC)(CO)C1CCCCC1. The lowest BCUT2D eigenvalue weighted by Crippen LogP contribution is -2.36. The first-order valence-electron chi connectivity index (χ1n) is 7.99. The second kappa shape index (κ2) is 7.99. The molecule has 0 aliphatic heterocycles. The maximum Gasteiger partial charge on any atom is 0.0527 e. The lowest BCUT2D eigenvalue weighted by molar-refractivity contribution is 0.0682. The summed E-state index contributed by atoms with van der Waals surface area (Å²) in [5, 5.41) is 10.0. The van der Waals surface area contributed by atoms with Gasteiger partial charge >= 0.3 is 0 Å². The molecule has 0 bridgehead atoms. The molecule has 0 unspecified atom stereocenters. The fraction of sp³-hybridized carbons (Fsp3) is 0.882. The minimum Gasteiger partial charge on any atom is -0.395 e. The summed E-state index contributed by atoms with van der Waals surface area (Å²) in [7, 11) is 0. The van der Waals surface area contributed by atoms with Crippen molar-refractivity contribution in [2.75, 3.05) is 6.61 Å². The second-order valence-electron chi connectivity index (χ2n) is 6.03. The lowest BCUT2D eigenvalue weighted by atomic mass is 9.64. The van der Waals surface area contributed by atoms with Crippen molar-refractivity contribution in [3.63, 3.8) is 0 Å². The van der Waals surface area contributed by atoms with Gasteiger partial charge in [0, 0.05) is 5.41 Å². The Morgan fingerprint density at radius 1 is 1.22 bits per heavy atom. The maximum atomic E-state index is 10.0. The standard InChI is InChI=1S/C17H32O/c1-4-6-8-11-15(3)17(5-2,14-18)16-12-9-7-10-13-16/h11,16,18H,4-10,12-14H2,1-3H3/b15-11+/t17-/m1/s1. The van der Waals surface area contributed by atoms with Crippen molar-refractivity contribution in [1.29, 1.82) is 0 Å². The van der Waals surface area contributed by atoms with Gasteiger partial charge in [0.25, 0.3) is 0 Å². The molecule has 1 N–H and O–H groups in total. The van der Waals surface area contributed by atoms with Gasteiger partial charge in [-0.05, 0) is 38.5 Å². The zero-order chi connectivity index (χ0) is 13.4. The Balaban J connectivity index is 2.79. The van der Waals surface area contributed by atoms with Gasteiger partial charge in [0.15, 0.2) is 0 Å². The molecule has 0 heterocycles. The number of hydrogen-bond donors (Lipinski definition) is 1. The third kappa shape index (κ3) is 3.60. The van der Waals surface area contributed by atoms with E-state index >= 15 is 0 Å². The van der Waals surface area contributed by atoms with Gasteiger partial charge in [0.1, 0.15) is 0 Å². The summed E-state index contributed by atoms with van der Waals surface area (Å²) in [6.07, 6.45) is 13.9. The van der Waals surface area contributed by atoms with Crippen LogP contribution in [0.3, 0.4) is 0 Å². The van der Waals surface area contributed by atoms with Gasteiger partial charge in [0.2, 0.25) is 0 Å². The van der Waals surface area contributed by atoms with Crippen molar-refractivity contribution in [2.45, 2.75) is 78.6 Å². The topological polar surface area (TPSA) is 20.2 Å². The highest BCUT2D eigenvalue weighted by molar-refractivity contribution is 5.14. The molecule has 18 heavy (non-hydrogen) atoms. The smallest absolute Gasteiger partial charge is 0.0527 e. The van der Waals surface area contributed by atoms with Gasteiger partial charge in [-0.3, -0.25) is 0 Å². The average molecular weight is 252 g/mol. The minimum atomic E-state index is 0.0775. The van der Waals surface area contributed by atoms with Gasteiger partial charge < -0.3 is 5.11 Å². The van der Waals surface area contributed by atoms with Crippen LogP contribution in [-0.4, -0.2) is 11.7 Å². The third-order valence-corrected chi connectivity index (χ3v) is 5.09. The number of allylic oxidation sites excluding steroid dienone is 1. The van der Waals surface area contributed by atoms with Crippen molar-refractivity contribution in [3.05, 3.63) is 11.6 Å². The molecule has 1 saturated carbocycles. The molecule has 0 amide bonds. The highest BCUT2D eigenvalue weighted by Gasteiger charge is 2.38. The van der Waals surface area contributed by atoms with Gasteiger partial charge in [-0.1, -0.05) is 57.6 Å². The van der Waals surface area contributed by atoms with E-state index in [9.17, 15) is 5.11 Å². The fourth-order valence-corrected chi connectivity index (χ4v) is 3.64. The Kier molecular flexibility index (Phi) is 6.99. The first kappa shape index (κ1) is 15.8. The molecule has 0 aromatic heterocycles. The van der Waals surface area contributed by atoms with Gasteiger partial charge in [-0.2, -0.15) is 0 Å². The van der Waals surface area contributed by atoms with Gasteiger partial charge in [-0.25, -0.2) is 0 Å². The van der Waals surface area contributed by atoms with E-state index < -0.39 is 0 Å². The third-order valence-electron chi connectivity index (χ3n) is 5.09. The molecular formula is C17H32O. The zero-order valence-electron chi connectivity index (χ0n) is 12.7. The zero-order valence-corrected chi connectivity index (χ0v) is 12.7. The van der Waals surface area contributed by atoms with Crippen LogP contribution in [0.2, 0.25) is 0 Å². The molecule has 0 saturated heterocycles. The van der Waals surface area contributed by atoms with Crippen molar-refractivity contribution < 1.29 is 5.11 Å². The Morgan fingerprint density at radius 2 is 1.89 bits per heavy atom. The quantitative estimate of drug-likeness (QED) is 0.494. The normalized spacial score (nSPS) is 21.9. The fourth-order valence-electron chi connectivity index (χ4n) is 3.64. The molecule has 1 rings (SSSR count). The Hall–Kier alpha value is -0.300. The molecule has 1 aliphatic carbocycles. The van der Waals surface area contributed by atoms with Crippen LogP contribution >= 0.6 is 0 Å². The van der Waals surface area contributed by atoms with Crippen LogP contribution < -0.4 is 0 Å². The summed E-state index contributed by atoms with van der Waals surface area (Å²) >= 11 is 0. The second-order valence-corrected chi connectivity index (χ2v) is 6.03. The summed E-state index contributed by atoms with van der Waals surface area (Å²) in [6, 6.07) is 0. The van der Waals surface area contributed by atoms with Crippen LogP contribution in [-0.2, 0) is 0 Å². The number of aliphatic hydroxyl groups excluding tert-OH is 1. The lowest BCUT2D eigenvalue weighted by Gasteiger charge is -2.42. The molecule has 1 nitrogen and oxygen atoms in total. The van der Waals surface area contributed by atoms with E-state index in [1.165, 1.54) is 56.9 Å². The van der Waals surface area contributed by atoms with Gasteiger partial charge in [0.05, 0.1) is 6.61 Å². The Bertz CT molecular complexity index is 244. The molecule has 1 fully saturated rings. The Morgan fingerprint density at radius 3 is 2.39 bits per heavy atom. The molecule has 106 valence electrons. The summed E-state index contributed by atoms with van der Waals surface area (Å²) in [5.41, 5.74) is 1.53. The minimum absolute atomic E-state index is 0.0775. The molecule has 0 spiro atoms. The monoisotopic (exact) mass is 252 g/mol. The number of rotatable bonds is 7. The van der Waals surface area contributed by atoms with E-state index in [0.717, 1.165) is 6.42 Å². The number of aliphatic hydroxyl groups is 1. The Labute approximate surface area is 114 Å². The summed E-state index contributed by atoms with van der Waals surface area (Å²) in [4.78, 5) is 0. The van der Waals surface area contributed by atoms with Crippen LogP contribution in [0.25, 0.3) is 0 Å². The van der Waals surface area contributed by atoms with Crippen LogP contribution in [0.4, 0.5) is 0 Å². The average Bonchev–Trinajstić information content (AvgIpc) is 2.42. The summed E-state index contributed by atoms with van der Waals surface area (Å²) < 4.78 is 0.